The van der Waals surface area contributed by atoms with Crippen molar-refractivity contribution in [1.29, 1.82) is 0 Å². The first-order valence-electron chi connectivity index (χ1n) is 11.2. The van der Waals surface area contributed by atoms with E-state index < -0.39 is 0 Å². The van der Waals surface area contributed by atoms with Crippen molar-refractivity contribution in [1.82, 2.24) is 9.55 Å². The predicted molar refractivity (Wildman–Crippen MR) is 133 cm³/mol. The third kappa shape index (κ3) is 5.55. The van der Waals surface area contributed by atoms with Crippen molar-refractivity contribution < 1.29 is 9.47 Å². The van der Waals surface area contributed by atoms with Crippen LogP contribution in [0.25, 0.3) is 22.3 Å². The monoisotopic (exact) mass is 462 g/mol. The summed E-state index contributed by atoms with van der Waals surface area (Å²) in [5.74, 6) is 2.19. The number of nitrogens with zero attached hydrogens (tertiary/aromatic N) is 2. The molecule has 0 N–H and O–H groups in total. The topological polar surface area (TPSA) is 53.4 Å². The quantitative estimate of drug-likeness (QED) is 0.257. The second-order valence-electron chi connectivity index (χ2n) is 7.83. The van der Waals surface area contributed by atoms with Gasteiger partial charge in [-0.2, -0.15) is 0 Å². The maximum atomic E-state index is 13.2. The van der Waals surface area contributed by atoms with E-state index in [9.17, 15) is 4.79 Å². The maximum Gasteiger partial charge on any atom is 0.261 e. The zero-order valence-electron chi connectivity index (χ0n) is 18.7. The first-order valence-corrected chi connectivity index (χ1v) is 11.6. The number of benzene rings is 3. The summed E-state index contributed by atoms with van der Waals surface area (Å²) in [4.78, 5) is 18.0. The minimum absolute atomic E-state index is 0.00921. The molecule has 1 aromatic heterocycles. The smallest absolute Gasteiger partial charge is 0.261 e. The molecule has 0 fully saturated rings. The number of methoxy groups -OCH3 is 1. The van der Waals surface area contributed by atoms with Crippen molar-refractivity contribution in [2.45, 2.75) is 32.2 Å². The van der Waals surface area contributed by atoms with Crippen molar-refractivity contribution in [3.8, 4) is 22.9 Å². The normalized spacial score (nSPS) is 11.0. The molecule has 6 heteroatoms. The Hall–Kier alpha value is -3.31. The van der Waals surface area contributed by atoms with Crippen molar-refractivity contribution in [3.63, 3.8) is 0 Å². The first kappa shape index (κ1) is 22.9. The van der Waals surface area contributed by atoms with E-state index in [1.807, 2.05) is 72.8 Å². The third-order valence-corrected chi connectivity index (χ3v) is 5.82. The van der Waals surface area contributed by atoms with Crippen LogP contribution in [-0.2, 0) is 6.54 Å². The van der Waals surface area contributed by atoms with Gasteiger partial charge < -0.3 is 9.47 Å². The van der Waals surface area contributed by atoms with Crippen LogP contribution in [0, 0.1) is 0 Å². The van der Waals surface area contributed by atoms with Gasteiger partial charge in [0.25, 0.3) is 5.56 Å². The first-order chi connectivity index (χ1) is 16.2. The summed E-state index contributed by atoms with van der Waals surface area (Å²) < 4.78 is 12.9. The van der Waals surface area contributed by atoms with Crippen molar-refractivity contribution in [3.05, 3.63) is 88.2 Å². The number of hydrogen-bond acceptors (Lipinski definition) is 4. The van der Waals surface area contributed by atoms with Crippen LogP contribution in [0.5, 0.6) is 11.5 Å². The number of halogens is 1. The molecule has 0 saturated heterocycles. The highest BCUT2D eigenvalue weighted by Crippen LogP contribution is 2.26. The number of hydrogen-bond donors (Lipinski definition) is 0. The molecule has 0 bridgehead atoms. The number of ether oxygens (including phenoxy) is 2. The lowest BCUT2D eigenvalue weighted by Gasteiger charge is -2.14. The zero-order valence-corrected chi connectivity index (χ0v) is 19.4. The van der Waals surface area contributed by atoms with Crippen molar-refractivity contribution >= 4 is 22.5 Å². The third-order valence-electron chi connectivity index (χ3n) is 5.57. The lowest BCUT2D eigenvalue weighted by Crippen LogP contribution is -2.23. The lowest BCUT2D eigenvalue weighted by molar-refractivity contribution is 0.284. The second kappa shape index (κ2) is 11.0. The molecule has 3 aromatic carbocycles. The molecule has 4 rings (SSSR count). The number of rotatable bonds is 10. The Balaban J connectivity index is 1.39. The molecule has 4 aromatic rings. The van der Waals surface area contributed by atoms with Crippen LogP contribution in [0.15, 0.2) is 77.6 Å². The number of fused-ring (bicyclic) bond motifs is 1. The molecule has 5 nitrogen and oxygen atoms in total. The van der Waals surface area contributed by atoms with Gasteiger partial charge in [0.2, 0.25) is 0 Å². The Kier molecular flexibility index (Phi) is 7.63. The molecular weight excluding hydrogens is 436 g/mol. The van der Waals surface area contributed by atoms with E-state index in [0.29, 0.717) is 34.9 Å². The fourth-order valence-corrected chi connectivity index (χ4v) is 3.97. The highest BCUT2D eigenvalue weighted by atomic mass is 35.5. The Bertz CT molecular complexity index is 1270. The molecular formula is C27H27ClN2O3. The van der Waals surface area contributed by atoms with Gasteiger partial charge in [-0.05, 0) is 61.4 Å². The van der Waals surface area contributed by atoms with E-state index in [0.717, 1.165) is 42.7 Å². The lowest BCUT2D eigenvalue weighted by atomic mass is 10.1. The predicted octanol–water partition coefficient (Wildman–Crippen LogP) is 6.36. The van der Waals surface area contributed by atoms with Gasteiger partial charge in [-0.3, -0.25) is 9.36 Å². The minimum Gasteiger partial charge on any atom is -0.493 e. The van der Waals surface area contributed by atoms with E-state index in [1.165, 1.54) is 0 Å². The van der Waals surface area contributed by atoms with Crippen LogP contribution in [0.1, 0.15) is 25.7 Å². The highest BCUT2D eigenvalue weighted by Gasteiger charge is 2.12. The molecule has 33 heavy (non-hydrogen) atoms. The molecule has 0 radical (unpaired) electrons. The van der Waals surface area contributed by atoms with Gasteiger partial charge in [0.05, 0.1) is 24.6 Å². The molecule has 0 aliphatic rings. The summed E-state index contributed by atoms with van der Waals surface area (Å²) in [5, 5.41) is 1.30. The van der Waals surface area contributed by atoms with Gasteiger partial charge >= 0.3 is 0 Å². The standard InChI is InChI=1S/C27H27ClN2O3/c1-32-24-12-6-7-13-25(24)33-19-9-3-2-8-18-30-26(20-14-16-21(28)17-15-20)29-23-11-5-4-10-22(23)27(30)31/h4-7,10-17H,2-3,8-9,18-19H2,1H3. The van der Waals surface area contributed by atoms with Gasteiger partial charge in [-0.1, -0.05) is 48.7 Å². The van der Waals surface area contributed by atoms with Crippen LogP contribution < -0.4 is 15.0 Å². The fourth-order valence-electron chi connectivity index (χ4n) is 3.84. The van der Waals surface area contributed by atoms with E-state index in [2.05, 4.69) is 0 Å². The average molecular weight is 463 g/mol. The Labute approximate surface area is 198 Å². The second-order valence-corrected chi connectivity index (χ2v) is 8.27. The van der Waals surface area contributed by atoms with Crippen LogP contribution in [0.4, 0.5) is 0 Å². The van der Waals surface area contributed by atoms with E-state index in [1.54, 1.807) is 11.7 Å². The highest BCUT2D eigenvalue weighted by molar-refractivity contribution is 6.30. The van der Waals surface area contributed by atoms with E-state index in [-0.39, 0.29) is 5.56 Å². The van der Waals surface area contributed by atoms with Crippen LogP contribution >= 0.6 is 11.6 Å². The molecule has 1 heterocycles. The number of unbranched alkanes of at least 4 members (excludes halogenated alkanes) is 3. The minimum atomic E-state index is -0.00921. The largest absolute Gasteiger partial charge is 0.493 e. The average Bonchev–Trinajstić information content (AvgIpc) is 2.85. The summed E-state index contributed by atoms with van der Waals surface area (Å²) in [5.41, 5.74) is 1.58. The molecule has 170 valence electrons. The summed E-state index contributed by atoms with van der Waals surface area (Å²) >= 11 is 6.06. The van der Waals surface area contributed by atoms with Crippen LogP contribution in [-0.4, -0.2) is 23.3 Å². The van der Waals surface area contributed by atoms with Gasteiger partial charge in [-0.15, -0.1) is 0 Å². The Morgan fingerprint density at radius 2 is 1.55 bits per heavy atom. The summed E-state index contributed by atoms with van der Waals surface area (Å²) in [7, 11) is 1.64. The maximum absolute atomic E-state index is 13.2. The SMILES string of the molecule is COc1ccccc1OCCCCCCn1c(-c2ccc(Cl)cc2)nc2ccccc2c1=O. The number of para-hydroxylation sites is 3. The zero-order chi connectivity index (χ0) is 23.0. The van der Waals surface area contributed by atoms with Crippen molar-refractivity contribution in [2.75, 3.05) is 13.7 Å². The van der Waals surface area contributed by atoms with Gasteiger partial charge in [0, 0.05) is 17.1 Å². The molecule has 0 saturated carbocycles. The van der Waals surface area contributed by atoms with E-state index >= 15 is 0 Å². The molecule has 0 aliphatic heterocycles. The molecule has 0 amide bonds. The molecule has 0 atom stereocenters. The Morgan fingerprint density at radius 1 is 0.848 bits per heavy atom. The van der Waals surface area contributed by atoms with Gasteiger partial charge in [-0.25, -0.2) is 4.98 Å². The van der Waals surface area contributed by atoms with E-state index in [4.69, 9.17) is 26.1 Å². The molecule has 0 aliphatic carbocycles. The summed E-state index contributed by atoms with van der Waals surface area (Å²) in [6, 6.07) is 22.6. The van der Waals surface area contributed by atoms with Gasteiger partial charge in [0.1, 0.15) is 5.82 Å². The van der Waals surface area contributed by atoms with Crippen molar-refractivity contribution in [2.24, 2.45) is 0 Å². The number of aromatic nitrogens is 2. The molecule has 0 spiro atoms. The summed E-state index contributed by atoms with van der Waals surface area (Å²) in [6.45, 7) is 1.25. The van der Waals surface area contributed by atoms with Gasteiger partial charge in [0.15, 0.2) is 11.5 Å². The van der Waals surface area contributed by atoms with Crippen LogP contribution in [0.3, 0.4) is 0 Å². The molecule has 0 unspecified atom stereocenters. The fraction of sp³-hybridized carbons (Fsp3) is 0.259. The summed E-state index contributed by atoms with van der Waals surface area (Å²) in [6.07, 6.45) is 3.83. The van der Waals surface area contributed by atoms with Crippen LogP contribution in [0.2, 0.25) is 5.02 Å². The Morgan fingerprint density at radius 3 is 2.33 bits per heavy atom.